The van der Waals surface area contributed by atoms with Crippen molar-refractivity contribution in [2.45, 2.75) is 51.4 Å². The standard InChI is InChI=1S/C19H26FNO5/c1-19(2,3)26-18(23)21-11-5-6-14(21)12-25-17(22)16(20)13-7-9-15(24-4)10-8-13/h7-10,14,16H,5-6,11-12H2,1-4H3/t14-,16+/m0/s1. The number of ether oxygens (including phenoxy) is 3. The Balaban J connectivity index is 1.89. The first-order chi connectivity index (χ1) is 12.2. The van der Waals surface area contributed by atoms with Gasteiger partial charge in [0.2, 0.25) is 6.17 Å². The molecule has 144 valence electrons. The lowest BCUT2D eigenvalue weighted by Crippen LogP contribution is -2.42. The maximum atomic E-state index is 14.3. The second-order valence-corrected chi connectivity index (χ2v) is 7.24. The quantitative estimate of drug-likeness (QED) is 0.743. The van der Waals surface area contributed by atoms with Crippen LogP contribution < -0.4 is 4.74 Å². The first-order valence-corrected chi connectivity index (χ1v) is 8.65. The topological polar surface area (TPSA) is 65.1 Å². The summed E-state index contributed by atoms with van der Waals surface area (Å²) in [6, 6.07) is 5.82. The SMILES string of the molecule is COc1ccc([C@@H](F)C(=O)OC[C@@H]2CCCN2C(=O)OC(C)(C)C)cc1. The van der Waals surface area contributed by atoms with E-state index < -0.39 is 23.8 Å². The minimum atomic E-state index is -1.88. The molecule has 7 heteroatoms. The number of benzene rings is 1. The van der Waals surface area contributed by atoms with Gasteiger partial charge in [-0.1, -0.05) is 12.1 Å². The predicted molar refractivity (Wildman–Crippen MR) is 93.8 cm³/mol. The van der Waals surface area contributed by atoms with Crippen molar-refractivity contribution in [3.05, 3.63) is 29.8 Å². The Kier molecular flexibility index (Phi) is 6.45. The van der Waals surface area contributed by atoms with E-state index in [1.165, 1.54) is 19.2 Å². The van der Waals surface area contributed by atoms with E-state index in [2.05, 4.69) is 0 Å². The lowest BCUT2D eigenvalue weighted by atomic mass is 10.1. The van der Waals surface area contributed by atoms with Crippen LogP contribution in [0.4, 0.5) is 9.18 Å². The second kappa shape index (κ2) is 8.38. The summed E-state index contributed by atoms with van der Waals surface area (Å²) in [7, 11) is 1.51. The van der Waals surface area contributed by atoms with Gasteiger partial charge in [-0.2, -0.15) is 0 Å². The van der Waals surface area contributed by atoms with E-state index in [-0.39, 0.29) is 18.2 Å². The lowest BCUT2D eigenvalue weighted by Gasteiger charge is -2.28. The van der Waals surface area contributed by atoms with Crippen LogP contribution in [0.1, 0.15) is 45.3 Å². The average molecular weight is 367 g/mol. The number of hydrogen-bond donors (Lipinski definition) is 0. The van der Waals surface area contributed by atoms with E-state index in [4.69, 9.17) is 14.2 Å². The van der Waals surface area contributed by atoms with Crippen molar-refractivity contribution in [3.63, 3.8) is 0 Å². The highest BCUT2D eigenvalue weighted by atomic mass is 19.1. The molecule has 1 saturated heterocycles. The molecule has 0 bridgehead atoms. The molecule has 6 nitrogen and oxygen atoms in total. The molecule has 0 aliphatic carbocycles. The minimum absolute atomic E-state index is 0.0470. The Morgan fingerprint density at radius 1 is 1.27 bits per heavy atom. The van der Waals surface area contributed by atoms with Gasteiger partial charge in [-0.3, -0.25) is 0 Å². The van der Waals surface area contributed by atoms with E-state index in [1.807, 2.05) is 0 Å². The fourth-order valence-corrected chi connectivity index (χ4v) is 2.73. The molecular formula is C19H26FNO5. The molecule has 1 aromatic rings. The number of methoxy groups -OCH3 is 1. The zero-order chi connectivity index (χ0) is 19.3. The molecule has 0 saturated carbocycles. The van der Waals surface area contributed by atoms with Crippen LogP contribution in [-0.4, -0.2) is 48.9 Å². The molecule has 1 fully saturated rings. The van der Waals surface area contributed by atoms with E-state index in [0.717, 1.165) is 6.42 Å². The molecule has 0 N–H and O–H groups in total. The highest BCUT2D eigenvalue weighted by Crippen LogP contribution is 2.24. The summed E-state index contributed by atoms with van der Waals surface area (Å²) in [5.41, 5.74) is -0.398. The van der Waals surface area contributed by atoms with Crippen molar-refractivity contribution in [3.8, 4) is 5.75 Å². The number of hydrogen-bond acceptors (Lipinski definition) is 5. The summed E-state index contributed by atoms with van der Waals surface area (Å²) in [5.74, 6) is -0.389. The van der Waals surface area contributed by atoms with Gasteiger partial charge in [0.15, 0.2) is 0 Å². The molecule has 2 atom stereocenters. The number of esters is 1. The number of nitrogens with zero attached hydrogens (tertiary/aromatic N) is 1. The smallest absolute Gasteiger partial charge is 0.410 e. The molecule has 1 aromatic carbocycles. The molecule has 0 unspecified atom stereocenters. The van der Waals surface area contributed by atoms with Crippen molar-refractivity contribution in [1.29, 1.82) is 0 Å². The van der Waals surface area contributed by atoms with Crippen LogP contribution >= 0.6 is 0 Å². The monoisotopic (exact) mass is 367 g/mol. The van der Waals surface area contributed by atoms with Crippen LogP contribution in [0.25, 0.3) is 0 Å². The molecule has 26 heavy (non-hydrogen) atoms. The van der Waals surface area contributed by atoms with Crippen LogP contribution in [0.5, 0.6) is 5.75 Å². The zero-order valence-corrected chi connectivity index (χ0v) is 15.7. The van der Waals surface area contributed by atoms with Crippen molar-refractivity contribution >= 4 is 12.1 Å². The van der Waals surface area contributed by atoms with E-state index >= 15 is 0 Å². The molecular weight excluding hydrogens is 341 g/mol. The number of rotatable bonds is 5. The summed E-state index contributed by atoms with van der Waals surface area (Å²) in [6.45, 7) is 5.86. The molecule has 0 spiro atoms. The number of halogens is 1. The lowest BCUT2D eigenvalue weighted by molar-refractivity contribution is -0.151. The van der Waals surface area contributed by atoms with E-state index in [9.17, 15) is 14.0 Å². The van der Waals surface area contributed by atoms with Gasteiger partial charge in [0.25, 0.3) is 0 Å². The normalized spacial score (nSPS) is 18.3. The molecule has 1 aliphatic rings. The Bertz CT molecular complexity index is 626. The Hall–Kier alpha value is -2.31. The van der Waals surface area contributed by atoms with Crippen LogP contribution in [0, 0.1) is 0 Å². The molecule has 1 aliphatic heterocycles. The maximum absolute atomic E-state index is 14.3. The molecule has 1 heterocycles. The number of carbonyl (C=O) groups excluding carboxylic acids is 2. The predicted octanol–water partition coefficient (Wildman–Crippen LogP) is 3.65. The first kappa shape index (κ1) is 20.0. The number of amides is 1. The van der Waals surface area contributed by atoms with Crippen molar-refractivity contribution in [2.24, 2.45) is 0 Å². The van der Waals surface area contributed by atoms with E-state index in [0.29, 0.717) is 18.7 Å². The highest BCUT2D eigenvalue weighted by molar-refractivity contribution is 5.76. The van der Waals surface area contributed by atoms with Gasteiger partial charge in [-0.15, -0.1) is 0 Å². The Morgan fingerprint density at radius 3 is 2.50 bits per heavy atom. The van der Waals surface area contributed by atoms with E-state index in [1.54, 1.807) is 37.8 Å². The third-order valence-electron chi connectivity index (χ3n) is 4.04. The molecule has 0 aromatic heterocycles. The maximum Gasteiger partial charge on any atom is 0.410 e. The fraction of sp³-hybridized carbons (Fsp3) is 0.579. The summed E-state index contributed by atoms with van der Waals surface area (Å²) in [6.07, 6.45) is -0.842. The van der Waals surface area contributed by atoms with Gasteiger partial charge < -0.3 is 19.1 Å². The minimum Gasteiger partial charge on any atom is -0.497 e. The number of alkyl halides is 1. The summed E-state index contributed by atoms with van der Waals surface area (Å²) >= 11 is 0. The van der Waals surface area contributed by atoms with Crippen LogP contribution in [0.3, 0.4) is 0 Å². The third kappa shape index (κ3) is 5.34. The van der Waals surface area contributed by atoms with Crippen molar-refractivity contribution in [2.75, 3.05) is 20.3 Å². The molecule has 2 rings (SSSR count). The number of carbonyl (C=O) groups is 2. The van der Waals surface area contributed by atoms with Gasteiger partial charge in [-0.25, -0.2) is 14.0 Å². The van der Waals surface area contributed by atoms with Gasteiger partial charge in [0.1, 0.15) is 18.0 Å². The van der Waals surface area contributed by atoms with Crippen molar-refractivity contribution < 1.29 is 28.2 Å². The Labute approximate surface area is 153 Å². The summed E-state index contributed by atoms with van der Waals surface area (Å²) in [4.78, 5) is 25.7. The third-order valence-corrected chi connectivity index (χ3v) is 4.04. The van der Waals surface area contributed by atoms with Crippen molar-refractivity contribution in [1.82, 2.24) is 4.90 Å². The van der Waals surface area contributed by atoms with Crippen LogP contribution in [0.15, 0.2) is 24.3 Å². The first-order valence-electron chi connectivity index (χ1n) is 8.65. The van der Waals surface area contributed by atoms with Gasteiger partial charge >= 0.3 is 12.1 Å². The van der Waals surface area contributed by atoms with Gasteiger partial charge in [-0.05, 0) is 51.3 Å². The van der Waals surface area contributed by atoms with Gasteiger partial charge in [0, 0.05) is 6.54 Å². The van der Waals surface area contributed by atoms with Gasteiger partial charge in [0.05, 0.1) is 13.2 Å². The second-order valence-electron chi connectivity index (χ2n) is 7.24. The molecule has 1 amide bonds. The summed E-state index contributed by atoms with van der Waals surface area (Å²) < 4.78 is 29.8. The Morgan fingerprint density at radius 2 is 1.92 bits per heavy atom. The van der Waals surface area contributed by atoms with Crippen LogP contribution in [-0.2, 0) is 14.3 Å². The summed E-state index contributed by atoms with van der Waals surface area (Å²) in [5, 5.41) is 0. The molecule has 0 radical (unpaired) electrons. The highest BCUT2D eigenvalue weighted by Gasteiger charge is 2.33. The average Bonchev–Trinajstić information content (AvgIpc) is 3.06. The number of likely N-dealkylation sites (tertiary alicyclic amines) is 1. The largest absolute Gasteiger partial charge is 0.497 e. The fourth-order valence-electron chi connectivity index (χ4n) is 2.73. The zero-order valence-electron chi connectivity index (χ0n) is 15.7. The van der Waals surface area contributed by atoms with Crippen LogP contribution in [0.2, 0.25) is 0 Å².